The second-order valence-electron chi connectivity index (χ2n) is 7.42. The summed E-state index contributed by atoms with van der Waals surface area (Å²) in [6.45, 7) is 0. The third-order valence-corrected chi connectivity index (χ3v) is 5.73. The van der Waals surface area contributed by atoms with Gasteiger partial charge in [0.25, 0.3) is 0 Å². The number of rotatable bonds is 3. The second kappa shape index (κ2) is 3.94. The van der Waals surface area contributed by atoms with Crippen molar-refractivity contribution in [3.63, 3.8) is 0 Å². The first-order valence-electron chi connectivity index (χ1n) is 7.64. The van der Waals surface area contributed by atoms with Crippen LogP contribution in [0.4, 0.5) is 0 Å². The van der Waals surface area contributed by atoms with Gasteiger partial charge < -0.3 is 0 Å². The Hall–Kier alpha value is -1.12. The molecule has 0 unspecified atom stereocenters. The van der Waals surface area contributed by atoms with Gasteiger partial charge in [0.05, 0.1) is 11.8 Å². The van der Waals surface area contributed by atoms with Gasteiger partial charge in [0.15, 0.2) is 5.78 Å². The van der Waals surface area contributed by atoms with Gasteiger partial charge in [-0.1, -0.05) is 0 Å². The van der Waals surface area contributed by atoms with Gasteiger partial charge in [0.1, 0.15) is 0 Å². The molecule has 4 bridgehead atoms. The average Bonchev–Trinajstić information content (AvgIpc) is 2.73. The predicted molar refractivity (Wildman–Crippen MR) is 72.8 cm³/mol. The molecule has 0 aliphatic heterocycles. The van der Waals surface area contributed by atoms with Crippen LogP contribution in [0.25, 0.3) is 0 Å². The molecule has 4 saturated carbocycles. The van der Waals surface area contributed by atoms with Crippen LogP contribution in [0.5, 0.6) is 0 Å². The van der Waals surface area contributed by atoms with Crippen LogP contribution in [0, 0.1) is 23.2 Å². The zero-order chi connectivity index (χ0) is 13.0. The normalized spacial score (nSPS) is 39.7. The van der Waals surface area contributed by atoms with E-state index >= 15 is 0 Å². The lowest BCUT2D eigenvalue weighted by Gasteiger charge is -2.56. The third kappa shape index (κ3) is 1.94. The molecule has 1 aromatic rings. The molecular weight excluding hydrogens is 236 g/mol. The lowest BCUT2D eigenvalue weighted by Crippen LogP contribution is -2.46. The van der Waals surface area contributed by atoms with Crippen molar-refractivity contribution in [2.24, 2.45) is 30.2 Å². The number of carbonyl (C=O) groups excluding carboxylic acids is 1. The van der Waals surface area contributed by atoms with Gasteiger partial charge in [-0.25, -0.2) is 0 Å². The van der Waals surface area contributed by atoms with Crippen LogP contribution < -0.4 is 0 Å². The van der Waals surface area contributed by atoms with Crippen LogP contribution >= 0.6 is 0 Å². The Bertz CT molecular complexity index is 481. The van der Waals surface area contributed by atoms with Crippen LogP contribution in [0.2, 0.25) is 0 Å². The molecule has 1 heterocycles. The first-order valence-corrected chi connectivity index (χ1v) is 7.64. The summed E-state index contributed by atoms with van der Waals surface area (Å²) >= 11 is 0. The Labute approximate surface area is 114 Å². The fourth-order valence-corrected chi connectivity index (χ4v) is 5.51. The van der Waals surface area contributed by atoms with E-state index < -0.39 is 0 Å². The monoisotopic (exact) mass is 258 g/mol. The number of Topliss-reactive ketones (excluding diaryl/α,β-unsaturated/α-hetero) is 1. The highest BCUT2D eigenvalue weighted by Gasteiger charge is 2.51. The zero-order valence-electron chi connectivity index (χ0n) is 11.6. The molecule has 0 saturated heterocycles. The molecule has 0 aromatic carbocycles. The van der Waals surface area contributed by atoms with Crippen molar-refractivity contribution >= 4 is 5.78 Å². The average molecular weight is 258 g/mol. The van der Waals surface area contributed by atoms with Crippen LogP contribution in [0.15, 0.2) is 12.4 Å². The van der Waals surface area contributed by atoms with Crippen LogP contribution in [0.3, 0.4) is 0 Å². The van der Waals surface area contributed by atoms with Crippen LogP contribution in [-0.4, -0.2) is 15.6 Å². The van der Waals surface area contributed by atoms with Gasteiger partial charge in [-0.15, -0.1) is 0 Å². The Kier molecular flexibility index (Phi) is 2.42. The summed E-state index contributed by atoms with van der Waals surface area (Å²) < 4.78 is 1.73. The number of hydrogen-bond donors (Lipinski definition) is 0. The van der Waals surface area contributed by atoms with Gasteiger partial charge in [0.2, 0.25) is 0 Å². The summed E-state index contributed by atoms with van der Waals surface area (Å²) in [5.74, 6) is 3.09. The van der Waals surface area contributed by atoms with Crippen molar-refractivity contribution in [1.82, 2.24) is 9.78 Å². The summed E-state index contributed by atoms with van der Waals surface area (Å²) in [7, 11) is 1.88. The lowest BCUT2D eigenvalue weighted by molar-refractivity contribution is -0.0524. The molecule has 3 heteroatoms. The van der Waals surface area contributed by atoms with Gasteiger partial charge in [-0.05, 0) is 61.7 Å². The van der Waals surface area contributed by atoms with E-state index in [2.05, 4.69) is 5.10 Å². The van der Waals surface area contributed by atoms with Crippen LogP contribution in [0.1, 0.15) is 55.3 Å². The van der Waals surface area contributed by atoms with E-state index in [1.807, 2.05) is 13.2 Å². The fraction of sp³-hybridized carbons (Fsp3) is 0.750. The summed E-state index contributed by atoms with van der Waals surface area (Å²) in [5.41, 5.74) is 1.15. The molecule has 4 fully saturated rings. The lowest BCUT2D eigenvalue weighted by atomic mass is 9.48. The molecule has 0 amide bonds. The Morgan fingerprint density at radius 1 is 1.26 bits per heavy atom. The molecule has 0 radical (unpaired) electrons. The first kappa shape index (κ1) is 11.7. The molecular formula is C16H22N2O. The number of carbonyl (C=O) groups is 1. The van der Waals surface area contributed by atoms with Crippen molar-refractivity contribution in [2.45, 2.75) is 44.9 Å². The molecule has 0 atom stereocenters. The van der Waals surface area contributed by atoms with Gasteiger partial charge >= 0.3 is 0 Å². The van der Waals surface area contributed by atoms with Crippen LogP contribution in [-0.2, 0) is 7.05 Å². The summed E-state index contributed by atoms with van der Waals surface area (Å²) in [6, 6.07) is 0. The molecule has 5 rings (SSSR count). The number of aromatic nitrogens is 2. The maximum Gasteiger partial charge on any atom is 0.166 e. The molecule has 102 valence electrons. The summed E-state index contributed by atoms with van der Waals surface area (Å²) in [4.78, 5) is 12.5. The molecule has 4 aliphatic rings. The summed E-state index contributed by atoms with van der Waals surface area (Å²) in [5, 5.41) is 4.13. The van der Waals surface area contributed by atoms with Gasteiger partial charge in [-0.3, -0.25) is 9.48 Å². The SMILES string of the molecule is Cn1cc(C(=O)CC23CC4CC(CC(C4)C2)C3)cn1. The van der Waals surface area contributed by atoms with Crippen molar-refractivity contribution in [1.29, 1.82) is 0 Å². The minimum absolute atomic E-state index is 0.315. The van der Waals surface area contributed by atoms with E-state index in [1.54, 1.807) is 10.9 Å². The number of aryl methyl sites for hydroxylation is 1. The molecule has 19 heavy (non-hydrogen) atoms. The molecule has 4 aliphatic carbocycles. The zero-order valence-corrected chi connectivity index (χ0v) is 11.6. The van der Waals surface area contributed by atoms with Gasteiger partial charge in [0, 0.05) is 19.7 Å². The van der Waals surface area contributed by atoms with E-state index in [0.717, 1.165) is 29.7 Å². The first-order chi connectivity index (χ1) is 9.12. The van der Waals surface area contributed by atoms with E-state index in [0.29, 0.717) is 11.2 Å². The van der Waals surface area contributed by atoms with Crippen molar-refractivity contribution in [2.75, 3.05) is 0 Å². The predicted octanol–water partition coefficient (Wildman–Crippen LogP) is 3.21. The van der Waals surface area contributed by atoms with Crippen molar-refractivity contribution in [3.8, 4) is 0 Å². The highest BCUT2D eigenvalue weighted by atomic mass is 16.1. The molecule has 3 nitrogen and oxygen atoms in total. The van der Waals surface area contributed by atoms with E-state index in [1.165, 1.54) is 38.5 Å². The Balaban J connectivity index is 1.54. The Morgan fingerprint density at radius 3 is 2.32 bits per heavy atom. The highest BCUT2D eigenvalue weighted by molar-refractivity contribution is 5.96. The minimum Gasteiger partial charge on any atom is -0.294 e. The molecule has 0 spiro atoms. The number of ketones is 1. The maximum absolute atomic E-state index is 12.5. The second-order valence-corrected chi connectivity index (χ2v) is 7.42. The van der Waals surface area contributed by atoms with Gasteiger partial charge in [-0.2, -0.15) is 5.10 Å². The maximum atomic E-state index is 12.5. The van der Waals surface area contributed by atoms with E-state index in [-0.39, 0.29) is 0 Å². The number of hydrogen-bond acceptors (Lipinski definition) is 2. The van der Waals surface area contributed by atoms with E-state index in [4.69, 9.17) is 0 Å². The topological polar surface area (TPSA) is 34.9 Å². The van der Waals surface area contributed by atoms with Crippen molar-refractivity contribution < 1.29 is 4.79 Å². The highest BCUT2D eigenvalue weighted by Crippen LogP contribution is 2.61. The Morgan fingerprint density at radius 2 is 1.84 bits per heavy atom. The standard InChI is InChI=1S/C16H22N2O/c1-18-10-14(9-17-18)15(19)8-16-5-11-2-12(6-16)4-13(3-11)7-16/h9-13H,2-8H2,1H3. The third-order valence-electron chi connectivity index (χ3n) is 5.73. The largest absolute Gasteiger partial charge is 0.294 e. The number of nitrogens with zero attached hydrogens (tertiary/aromatic N) is 2. The minimum atomic E-state index is 0.315. The molecule has 0 N–H and O–H groups in total. The quantitative estimate of drug-likeness (QED) is 0.780. The van der Waals surface area contributed by atoms with Crippen molar-refractivity contribution in [3.05, 3.63) is 18.0 Å². The smallest absolute Gasteiger partial charge is 0.166 e. The summed E-state index contributed by atoms with van der Waals surface area (Å²) in [6.07, 6.45) is 12.6. The fourth-order valence-electron chi connectivity index (χ4n) is 5.51. The van der Waals surface area contributed by atoms with E-state index in [9.17, 15) is 4.79 Å². The molecule has 1 aromatic heterocycles.